The Morgan fingerprint density at radius 1 is 1.48 bits per heavy atom. The number of allylic oxidation sites excluding steroid dienone is 1. The Morgan fingerprint density at radius 2 is 2.14 bits per heavy atom. The molecule has 1 amide bonds. The number of nitriles is 1. The predicted octanol–water partition coefficient (Wildman–Crippen LogP) is 2.01. The van der Waals surface area contributed by atoms with Crippen LogP contribution < -0.4 is 5.32 Å². The third kappa shape index (κ3) is 2.75. The van der Waals surface area contributed by atoms with Crippen LogP contribution in [0.25, 0.3) is 0 Å². The smallest absolute Gasteiger partial charge is 0.319 e. The minimum Gasteiger partial charge on any atom is -0.468 e. The maximum absolute atomic E-state index is 12.1. The molecular formula is C14H11ClN2O3S. The highest BCUT2D eigenvalue weighted by atomic mass is 35.5. The lowest BCUT2D eigenvalue weighted by Crippen LogP contribution is -2.43. The summed E-state index contributed by atoms with van der Waals surface area (Å²) >= 11 is 10.3. The van der Waals surface area contributed by atoms with Crippen molar-refractivity contribution in [3.05, 3.63) is 45.5 Å². The van der Waals surface area contributed by atoms with Crippen molar-refractivity contribution in [3.8, 4) is 6.07 Å². The van der Waals surface area contributed by atoms with Gasteiger partial charge in [0.2, 0.25) is 5.91 Å². The molecule has 1 aromatic carbocycles. The van der Waals surface area contributed by atoms with Gasteiger partial charge in [0.15, 0.2) is 0 Å². The Hall–Kier alpha value is -1.97. The molecule has 2 atom stereocenters. The van der Waals surface area contributed by atoms with E-state index in [4.69, 9.17) is 11.6 Å². The van der Waals surface area contributed by atoms with Crippen LogP contribution in [0.4, 0.5) is 0 Å². The van der Waals surface area contributed by atoms with Gasteiger partial charge in [0, 0.05) is 10.9 Å². The van der Waals surface area contributed by atoms with Crippen LogP contribution in [0, 0.1) is 17.2 Å². The van der Waals surface area contributed by atoms with Crippen molar-refractivity contribution in [1.82, 2.24) is 5.32 Å². The Kier molecular flexibility index (Phi) is 4.56. The SMILES string of the molecule is COC(=O)[C@@H]1C(=O)NC(S)=C(C#N)[C@@H]1c1ccccc1Cl. The highest BCUT2D eigenvalue weighted by molar-refractivity contribution is 7.84. The molecule has 0 unspecified atom stereocenters. The monoisotopic (exact) mass is 322 g/mol. The van der Waals surface area contributed by atoms with E-state index in [-0.39, 0.29) is 10.6 Å². The number of amides is 1. The minimum atomic E-state index is -1.18. The molecule has 0 saturated heterocycles. The summed E-state index contributed by atoms with van der Waals surface area (Å²) in [5, 5.41) is 12.2. The van der Waals surface area contributed by atoms with Gasteiger partial charge in [-0.1, -0.05) is 29.8 Å². The third-order valence-electron chi connectivity index (χ3n) is 3.24. The van der Waals surface area contributed by atoms with Crippen molar-refractivity contribution in [2.75, 3.05) is 7.11 Å². The molecule has 108 valence electrons. The van der Waals surface area contributed by atoms with Gasteiger partial charge in [0.05, 0.1) is 23.8 Å². The summed E-state index contributed by atoms with van der Waals surface area (Å²) in [5.74, 6) is -3.31. The highest BCUT2D eigenvalue weighted by Crippen LogP contribution is 2.40. The van der Waals surface area contributed by atoms with Crippen molar-refractivity contribution in [3.63, 3.8) is 0 Å². The molecule has 0 bridgehead atoms. The molecule has 21 heavy (non-hydrogen) atoms. The van der Waals surface area contributed by atoms with Crippen LogP contribution in [0.5, 0.6) is 0 Å². The first kappa shape index (κ1) is 15.4. The number of rotatable bonds is 2. The van der Waals surface area contributed by atoms with Crippen LogP contribution in [-0.2, 0) is 14.3 Å². The molecule has 1 aliphatic rings. The molecule has 1 heterocycles. The normalized spacial score (nSPS) is 21.5. The first-order valence-electron chi connectivity index (χ1n) is 5.97. The van der Waals surface area contributed by atoms with Crippen LogP contribution >= 0.6 is 24.2 Å². The van der Waals surface area contributed by atoms with Gasteiger partial charge in [0.1, 0.15) is 5.92 Å². The van der Waals surface area contributed by atoms with E-state index in [9.17, 15) is 14.9 Å². The standard InChI is InChI=1S/C14H11ClN2O3S/c1-20-14(19)11-10(7-4-2-3-5-9(7)15)8(6-16)13(21)17-12(11)18/h2-5,10-11,21H,1H3,(H,17,18)/t10-,11-/m0/s1. The van der Waals surface area contributed by atoms with Crippen LogP contribution in [0.15, 0.2) is 34.9 Å². The van der Waals surface area contributed by atoms with E-state index in [0.29, 0.717) is 10.6 Å². The molecule has 1 aliphatic heterocycles. The zero-order valence-corrected chi connectivity index (χ0v) is 12.6. The number of benzene rings is 1. The molecule has 0 radical (unpaired) electrons. The number of carbonyl (C=O) groups is 2. The van der Waals surface area contributed by atoms with Crippen LogP contribution in [0.3, 0.4) is 0 Å². The van der Waals surface area contributed by atoms with Crippen molar-refractivity contribution in [2.45, 2.75) is 5.92 Å². The number of ether oxygens (including phenoxy) is 1. The lowest BCUT2D eigenvalue weighted by atomic mass is 9.78. The number of nitrogens with one attached hydrogen (secondary N) is 1. The zero-order chi connectivity index (χ0) is 15.6. The number of nitrogens with zero attached hydrogens (tertiary/aromatic N) is 1. The van der Waals surface area contributed by atoms with E-state index in [0.717, 1.165) is 0 Å². The Labute approximate surface area is 131 Å². The number of carbonyl (C=O) groups excluding carboxylic acids is 2. The average molecular weight is 323 g/mol. The van der Waals surface area contributed by atoms with Crippen molar-refractivity contribution in [2.24, 2.45) is 5.92 Å². The summed E-state index contributed by atoms with van der Waals surface area (Å²) in [5.41, 5.74) is 0.675. The summed E-state index contributed by atoms with van der Waals surface area (Å²) in [7, 11) is 1.19. The predicted molar refractivity (Wildman–Crippen MR) is 79.5 cm³/mol. The van der Waals surface area contributed by atoms with Crippen molar-refractivity contribution >= 4 is 36.1 Å². The zero-order valence-electron chi connectivity index (χ0n) is 11.0. The largest absolute Gasteiger partial charge is 0.468 e. The Balaban J connectivity index is 2.66. The summed E-state index contributed by atoms with van der Waals surface area (Å²) < 4.78 is 4.68. The molecule has 0 aliphatic carbocycles. The van der Waals surface area contributed by atoms with E-state index in [1.807, 2.05) is 6.07 Å². The van der Waals surface area contributed by atoms with E-state index in [1.165, 1.54) is 7.11 Å². The second-order valence-electron chi connectivity index (χ2n) is 4.36. The molecule has 0 spiro atoms. The van der Waals surface area contributed by atoms with E-state index >= 15 is 0 Å². The summed E-state index contributed by atoms with van der Waals surface area (Å²) in [6.45, 7) is 0. The quantitative estimate of drug-likeness (QED) is 0.496. The topological polar surface area (TPSA) is 79.2 Å². The minimum absolute atomic E-state index is 0.118. The molecule has 1 N–H and O–H groups in total. The second kappa shape index (κ2) is 6.20. The van der Waals surface area contributed by atoms with Gasteiger partial charge in [0.25, 0.3) is 0 Å². The van der Waals surface area contributed by atoms with Crippen LogP contribution in [0.1, 0.15) is 11.5 Å². The molecule has 7 heteroatoms. The molecular weight excluding hydrogens is 312 g/mol. The summed E-state index contributed by atoms with van der Waals surface area (Å²) in [4.78, 5) is 24.1. The molecule has 2 rings (SSSR count). The maximum Gasteiger partial charge on any atom is 0.319 e. The fraction of sp³-hybridized carbons (Fsp3) is 0.214. The number of hydrogen-bond acceptors (Lipinski definition) is 5. The molecule has 0 aromatic heterocycles. The average Bonchev–Trinajstić information content (AvgIpc) is 2.46. The van der Waals surface area contributed by atoms with Gasteiger partial charge in [-0.2, -0.15) is 5.26 Å². The van der Waals surface area contributed by atoms with Crippen LogP contribution in [0.2, 0.25) is 5.02 Å². The number of thiol groups is 1. The van der Waals surface area contributed by atoms with E-state index in [2.05, 4.69) is 22.7 Å². The Bertz CT molecular complexity index is 681. The van der Waals surface area contributed by atoms with Crippen molar-refractivity contribution in [1.29, 1.82) is 5.26 Å². The summed E-state index contributed by atoms with van der Waals surface area (Å²) in [6, 6.07) is 8.72. The number of methoxy groups -OCH3 is 1. The third-order valence-corrected chi connectivity index (χ3v) is 3.94. The number of halogens is 1. The van der Waals surface area contributed by atoms with Gasteiger partial charge >= 0.3 is 5.97 Å². The molecule has 0 saturated carbocycles. The second-order valence-corrected chi connectivity index (χ2v) is 5.22. The van der Waals surface area contributed by atoms with Gasteiger partial charge in [-0.15, -0.1) is 12.6 Å². The number of esters is 1. The lowest BCUT2D eigenvalue weighted by Gasteiger charge is -2.30. The number of hydrogen-bond donors (Lipinski definition) is 2. The first-order valence-corrected chi connectivity index (χ1v) is 6.80. The van der Waals surface area contributed by atoms with E-state index in [1.54, 1.807) is 24.3 Å². The van der Waals surface area contributed by atoms with E-state index < -0.39 is 23.7 Å². The first-order chi connectivity index (χ1) is 10.0. The van der Waals surface area contributed by atoms with Gasteiger partial charge in [-0.3, -0.25) is 9.59 Å². The molecule has 5 nitrogen and oxygen atoms in total. The van der Waals surface area contributed by atoms with Gasteiger partial charge < -0.3 is 10.1 Å². The summed E-state index contributed by atoms with van der Waals surface area (Å²) in [6.07, 6.45) is 0. The highest BCUT2D eigenvalue weighted by Gasteiger charge is 2.44. The molecule has 0 fully saturated rings. The van der Waals surface area contributed by atoms with Gasteiger partial charge in [-0.05, 0) is 11.6 Å². The van der Waals surface area contributed by atoms with Crippen LogP contribution in [-0.4, -0.2) is 19.0 Å². The maximum atomic E-state index is 12.1. The van der Waals surface area contributed by atoms with Crippen molar-refractivity contribution < 1.29 is 14.3 Å². The lowest BCUT2D eigenvalue weighted by molar-refractivity contribution is -0.150. The fourth-order valence-electron chi connectivity index (χ4n) is 2.28. The fourth-order valence-corrected chi connectivity index (χ4v) is 2.83. The Morgan fingerprint density at radius 3 is 2.71 bits per heavy atom. The molecule has 1 aromatic rings. The van der Waals surface area contributed by atoms with Gasteiger partial charge in [-0.25, -0.2) is 0 Å².